The van der Waals surface area contributed by atoms with Crippen LogP contribution >= 0.6 is 23.5 Å². The molecular formula is C10H16F2N2OS2. The lowest BCUT2D eigenvalue weighted by atomic mass is 10.2. The Kier molecular flexibility index (Phi) is 4.54. The van der Waals surface area contributed by atoms with Crippen molar-refractivity contribution < 1.29 is 13.6 Å². The summed E-state index contributed by atoms with van der Waals surface area (Å²) < 4.78 is 25.8. The van der Waals surface area contributed by atoms with E-state index in [9.17, 15) is 13.6 Å². The number of hydrogen-bond donors (Lipinski definition) is 2. The van der Waals surface area contributed by atoms with Gasteiger partial charge in [0.25, 0.3) is 5.92 Å². The molecule has 2 unspecified atom stereocenters. The molecule has 0 bridgehead atoms. The van der Waals surface area contributed by atoms with E-state index in [1.54, 1.807) is 0 Å². The van der Waals surface area contributed by atoms with Gasteiger partial charge >= 0.3 is 0 Å². The highest BCUT2D eigenvalue weighted by Gasteiger charge is 2.42. The third kappa shape index (κ3) is 3.99. The zero-order chi connectivity index (χ0) is 12.3. The van der Waals surface area contributed by atoms with E-state index < -0.39 is 12.0 Å². The minimum atomic E-state index is -2.74. The van der Waals surface area contributed by atoms with E-state index in [0.717, 1.165) is 17.3 Å². The van der Waals surface area contributed by atoms with Crippen LogP contribution in [0.3, 0.4) is 0 Å². The molecule has 3 nitrogen and oxygen atoms in total. The monoisotopic (exact) mass is 282 g/mol. The summed E-state index contributed by atoms with van der Waals surface area (Å²) in [5.74, 6) is 0.256. The fourth-order valence-corrected chi connectivity index (χ4v) is 4.50. The molecule has 0 aromatic heterocycles. The van der Waals surface area contributed by atoms with Crippen molar-refractivity contribution in [2.75, 3.05) is 30.3 Å². The number of alkyl halides is 2. The summed E-state index contributed by atoms with van der Waals surface area (Å²) in [6.07, 6.45) is -0.384. The smallest absolute Gasteiger partial charge is 0.262 e. The lowest BCUT2D eigenvalue weighted by Gasteiger charge is -2.22. The summed E-state index contributed by atoms with van der Waals surface area (Å²) in [6.45, 7) is 0.194. The van der Waals surface area contributed by atoms with Crippen LogP contribution in [0.2, 0.25) is 0 Å². The van der Waals surface area contributed by atoms with Crippen LogP contribution in [-0.2, 0) is 4.79 Å². The van der Waals surface area contributed by atoms with Crippen molar-refractivity contribution in [3.63, 3.8) is 0 Å². The van der Waals surface area contributed by atoms with Gasteiger partial charge < -0.3 is 5.32 Å². The Balaban J connectivity index is 1.70. The van der Waals surface area contributed by atoms with Gasteiger partial charge in [-0.15, -0.1) is 0 Å². The number of amides is 1. The van der Waals surface area contributed by atoms with E-state index in [-0.39, 0.29) is 18.9 Å². The van der Waals surface area contributed by atoms with Gasteiger partial charge in [-0.25, -0.2) is 8.78 Å². The van der Waals surface area contributed by atoms with E-state index in [4.69, 9.17) is 0 Å². The molecule has 2 atom stereocenters. The predicted octanol–water partition coefficient (Wildman–Crippen LogP) is 0.948. The number of nitrogens with one attached hydrogen (secondary N) is 2. The van der Waals surface area contributed by atoms with E-state index in [2.05, 4.69) is 10.6 Å². The molecule has 2 rings (SSSR count). The first kappa shape index (κ1) is 13.4. The van der Waals surface area contributed by atoms with E-state index in [0.29, 0.717) is 11.8 Å². The topological polar surface area (TPSA) is 41.1 Å². The average Bonchev–Trinajstić information content (AvgIpc) is 2.68. The normalized spacial score (nSPS) is 32.4. The maximum absolute atomic E-state index is 12.9. The Bertz CT molecular complexity index is 285. The molecule has 98 valence electrons. The Morgan fingerprint density at radius 3 is 2.88 bits per heavy atom. The number of hydrogen-bond acceptors (Lipinski definition) is 4. The van der Waals surface area contributed by atoms with Crippen molar-refractivity contribution in [1.82, 2.24) is 10.6 Å². The van der Waals surface area contributed by atoms with Crippen LogP contribution < -0.4 is 10.6 Å². The molecule has 2 heterocycles. The molecule has 2 aliphatic rings. The largest absolute Gasteiger partial charge is 0.354 e. The van der Waals surface area contributed by atoms with Crippen molar-refractivity contribution in [3.8, 4) is 0 Å². The lowest BCUT2D eigenvalue weighted by molar-refractivity contribution is -0.123. The van der Waals surface area contributed by atoms with Crippen LogP contribution in [0.15, 0.2) is 0 Å². The number of carbonyl (C=O) groups excluding carboxylic acids is 1. The first-order valence-electron chi connectivity index (χ1n) is 5.65. The number of halogens is 2. The molecule has 2 saturated heterocycles. The summed E-state index contributed by atoms with van der Waals surface area (Å²) >= 11 is 3.72. The predicted molar refractivity (Wildman–Crippen MR) is 67.9 cm³/mol. The zero-order valence-electron chi connectivity index (χ0n) is 9.38. The van der Waals surface area contributed by atoms with Gasteiger partial charge in [0.2, 0.25) is 5.91 Å². The van der Waals surface area contributed by atoms with Crippen LogP contribution in [0.5, 0.6) is 0 Å². The summed E-state index contributed by atoms with van der Waals surface area (Å²) in [4.78, 5) is 11.7. The Morgan fingerprint density at radius 1 is 1.47 bits per heavy atom. The van der Waals surface area contributed by atoms with E-state index in [1.165, 1.54) is 0 Å². The van der Waals surface area contributed by atoms with Crippen molar-refractivity contribution in [2.45, 2.75) is 23.6 Å². The standard InChI is InChI=1S/C10H16F2N2OS2/c11-10(12)3-8(14-6-10)9(15)13-4-7-5-16-1-2-17-7/h7-8,14H,1-6H2,(H,13,15). The molecule has 0 aromatic rings. The van der Waals surface area contributed by atoms with Crippen LogP contribution in [0.25, 0.3) is 0 Å². The second-order valence-corrected chi connectivity index (χ2v) is 6.86. The summed E-state index contributed by atoms with van der Waals surface area (Å²) in [6, 6.07) is -0.730. The highest BCUT2D eigenvalue weighted by molar-refractivity contribution is 8.06. The second kappa shape index (κ2) is 5.75. The van der Waals surface area contributed by atoms with Crippen LogP contribution in [0.4, 0.5) is 8.78 Å². The number of rotatable bonds is 3. The van der Waals surface area contributed by atoms with Crippen molar-refractivity contribution >= 4 is 29.4 Å². The first-order chi connectivity index (χ1) is 8.07. The van der Waals surface area contributed by atoms with Gasteiger partial charge in [0.15, 0.2) is 0 Å². The van der Waals surface area contributed by atoms with Crippen LogP contribution in [-0.4, -0.2) is 53.5 Å². The van der Waals surface area contributed by atoms with Crippen LogP contribution in [0.1, 0.15) is 6.42 Å². The molecule has 17 heavy (non-hydrogen) atoms. The molecule has 2 fully saturated rings. The molecule has 2 N–H and O–H groups in total. The van der Waals surface area contributed by atoms with Crippen molar-refractivity contribution in [3.05, 3.63) is 0 Å². The molecular weight excluding hydrogens is 266 g/mol. The Hall–Kier alpha value is -0.0100. The van der Waals surface area contributed by atoms with Gasteiger partial charge in [0.05, 0.1) is 12.6 Å². The van der Waals surface area contributed by atoms with Gasteiger partial charge in [-0.3, -0.25) is 10.1 Å². The fourth-order valence-electron chi connectivity index (χ4n) is 1.89. The average molecular weight is 282 g/mol. The molecule has 0 spiro atoms. The maximum atomic E-state index is 12.9. The molecule has 0 aromatic carbocycles. The Morgan fingerprint density at radius 2 is 2.29 bits per heavy atom. The molecule has 0 aliphatic carbocycles. The van der Waals surface area contributed by atoms with Crippen LogP contribution in [0, 0.1) is 0 Å². The quantitative estimate of drug-likeness (QED) is 0.809. The van der Waals surface area contributed by atoms with Gasteiger partial charge in [-0.05, 0) is 0 Å². The highest BCUT2D eigenvalue weighted by atomic mass is 32.2. The maximum Gasteiger partial charge on any atom is 0.262 e. The van der Waals surface area contributed by atoms with Crippen molar-refractivity contribution in [1.29, 1.82) is 0 Å². The Labute approximate surface area is 108 Å². The third-order valence-electron chi connectivity index (χ3n) is 2.82. The number of thioether (sulfide) groups is 2. The molecule has 7 heteroatoms. The molecule has 2 aliphatic heterocycles. The highest BCUT2D eigenvalue weighted by Crippen LogP contribution is 2.26. The fraction of sp³-hybridized carbons (Fsp3) is 0.900. The zero-order valence-corrected chi connectivity index (χ0v) is 11.0. The summed E-state index contributed by atoms with van der Waals surface area (Å²) in [5, 5.41) is 5.74. The third-order valence-corrected chi connectivity index (χ3v) is 5.66. The van der Waals surface area contributed by atoms with Crippen molar-refractivity contribution in [2.24, 2.45) is 0 Å². The molecule has 0 saturated carbocycles. The molecule has 0 radical (unpaired) electrons. The van der Waals surface area contributed by atoms with E-state index in [1.807, 2.05) is 23.5 Å². The van der Waals surface area contributed by atoms with Gasteiger partial charge in [-0.2, -0.15) is 23.5 Å². The summed E-state index contributed by atoms with van der Waals surface area (Å²) in [7, 11) is 0. The van der Waals surface area contributed by atoms with Gasteiger partial charge in [-0.1, -0.05) is 0 Å². The summed E-state index contributed by atoms with van der Waals surface area (Å²) in [5.41, 5.74) is 0. The van der Waals surface area contributed by atoms with Gasteiger partial charge in [0.1, 0.15) is 0 Å². The lowest BCUT2D eigenvalue weighted by Crippen LogP contribution is -2.43. The van der Waals surface area contributed by atoms with Gasteiger partial charge in [0, 0.05) is 35.5 Å². The van der Waals surface area contributed by atoms with E-state index >= 15 is 0 Å². The second-order valence-electron chi connectivity index (χ2n) is 4.31. The minimum Gasteiger partial charge on any atom is -0.354 e. The SMILES string of the molecule is O=C(NCC1CSCCS1)C1CC(F)(F)CN1. The molecule has 1 amide bonds. The minimum absolute atomic E-state index is 0.293. The number of carbonyl (C=O) groups is 1. The first-order valence-corrected chi connectivity index (χ1v) is 7.85.